The average Bonchev–Trinajstić information content (AvgIpc) is 2.94. The van der Waals surface area contributed by atoms with Gasteiger partial charge in [-0.2, -0.15) is 0 Å². The Labute approximate surface area is 121 Å². The molecule has 0 fully saturated rings. The van der Waals surface area contributed by atoms with Crippen LogP contribution in [0.5, 0.6) is 5.75 Å². The molecular formula is C15H15NO5. The molecule has 1 aromatic carbocycles. The molecule has 21 heavy (non-hydrogen) atoms. The van der Waals surface area contributed by atoms with Crippen LogP contribution in [0.2, 0.25) is 0 Å². The van der Waals surface area contributed by atoms with Crippen molar-refractivity contribution >= 4 is 17.6 Å². The van der Waals surface area contributed by atoms with Gasteiger partial charge in [0, 0.05) is 6.92 Å². The van der Waals surface area contributed by atoms with E-state index in [1.807, 2.05) is 0 Å². The fourth-order valence-corrected chi connectivity index (χ4v) is 1.70. The first kappa shape index (κ1) is 14.6. The summed E-state index contributed by atoms with van der Waals surface area (Å²) in [6, 6.07) is 10.2. The third-order valence-corrected chi connectivity index (χ3v) is 2.62. The van der Waals surface area contributed by atoms with Crippen LogP contribution in [0.3, 0.4) is 0 Å². The molecule has 0 aliphatic heterocycles. The van der Waals surface area contributed by atoms with E-state index >= 15 is 0 Å². The molecule has 0 aliphatic rings. The molecule has 0 saturated heterocycles. The first-order chi connectivity index (χ1) is 10.1. The van der Waals surface area contributed by atoms with E-state index in [1.165, 1.54) is 20.1 Å². The summed E-state index contributed by atoms with van der Waals surface area (Å²) < 4.78 is 15.4. The Morgan fingerprint density at radius 2 is 1.95 bits per heavy atom. The van der Waals surface area contributed by atoms with Gasteiger partial charge in [0.05, 0.1) is 12.8 Å². The van der Waals surface area contributed by atoms with E-state index in [2.05, 4.69) is 10.1 Å². The molecule has 110 valence electrons. The highest BCUT2D eigenvalue weighted by Gasteiger charge is 2.12. The van der Waals surface area contributed by atoms with Crippen LogP contribution in [0.15, 0.2) is 40.8 Å². The Kier molecular flexibility index (Phi) is 4.61. The standard InChI is InChI=1S/C15H15NO5/c1-10(17)16-12-5-3-4-6-13(12)20-9-11-7-8-14(21-11)15(18)19-2/h3-8H,9H2,1-2H3,(H,16,17). The number of ether oxygens (including phenoxy) is 2. The maximum absolute atomic E-state index is 11.3. The molecule has 0 radical (unpaired) electrons. The van der Waals surface area contributed by atoms with Crippen molar-refractivity contribution in [2.75, 3.05) is 12.4 Å². The quantitative estimate of drug-likeness (QED) is 0.856. The minimum absolute atomic E-state index is 0.117. The number of benzene rings is 1. The van der Waals surface area contributed by atoms with Crippen molar-refractivity contribution in [3.63, 3.8) is 0 Å². The van der Waals surface area contributed by atoms with Gasteiger partial charge >= 0.3 is 5.97 Å². The van der Waals surface area contributed by atoms with Gasteiger partial charge < -0.3 is 19.2 Å². The van der Waals surface area contributed by atoms with Gasteiger partial charge in [0.1, 0.15) is 18.1 Å². The summed E-state index contributed by atoms with van der Waals surface area (Å²) in [5.41, 5.74) is 0.574. The molecule has 0 saturated carbocycles. The van der Waals surface area contributed by atoms with Gasteiger partial charge in [-0.1, -0.05) is 12.1 Å². The first-order valence-electron chi connectivity index (χ1n) is 6.26. The third kappa shape index (κ3) is 3.85. The fraction of sp³-hybridized carbons (Fsp3) is 0.200. The van der Waals surface area contributed by atoms with E-state index in [0.717, 1.165) is 0 Å². The monoisotopic (exact) mass is 289 g/mol. The molecule has 0 spiro atoms. The highest BCUT2D eigenvalue weighted by Crippen LogP contribution is 2.25. The van der Waals surface area contributed by atoms with Crippen LogP contribution in [-0.4, -0.2) is 19.0 Å². The highest BCUT2D eigenvalue weighted by atomic mass is 16.5. The van der Waals surface area contributed by atoms with Gasteiger partial charge in [-0.3, -0.25) is 4.79 Å². The lowest BCUT2D eigenvalue weighted by Crippen LogP contribution is -2.07. The van der Waals surface area contributed by atoms with Crippen molar-refractivity contribution in [2.24, 2.45) is 0 Å². The van der Waals surface area contributed by atoms with Gasteiger partial charge in [0.2, 0.25) is 11.7 Å². The van der Waals surface area contributed by atoms with Crippen molar-refractivity contribution in [2.45, 2.75) is 13.5 Å². The molecular weight excluding hydrogens is 274 g/mol. The normalized spacial score (nSPS) is 10.0. The fourth-order valence-electron chi connectivity index (χ4n) is 1.70. The maximum atomic E-state index is 11.3. The van der Waals surface area contributed by atoms with Crippen LogP contribution in [-0.2, 0) is 16.1 Å². The number of para-hydroxylation sites is 2. The molecule has 0 aliphatic carbocycles. The van der Waals surface area contributed by atoms with E-state index in [9.17, 15) is 9.59 Å². The van der Waals surface area contributed by atoms with Crippen LogP contribution in [0, 0.1) is 0 Å². The van der Waals surface area contributed by atoms with Gasteiger partial charge in [-0.05, 0) is 24.3 Å². The predicted molar refractivity (Wildman–Crippen MR) is 75.1 cm³/mol. The smallest absolute Gasteiger partial charge is 0.373 e. The van der Waals surface area contributed by atoms with E-state index in [4.69, 9.17) is 9.15 Å². The number of anilines is 1. The lowest BCUT2D eigenvalue weighted by Gasteiger charge is -2.10. The number of hydrogen-bond acceptors (Lipinski definition) is 5. The second kappa shape index (κ2) is 6.60. The maximum Gasteiger partial charge on any atom is 0.373 e. The Hall–Kier alpha value is -2.76. The summed E-state index contributed by atoms with van der Waals surface area (Å²) in [6.07, 6.45) is 0. The first-order valence-corrected chi connectivity index (χ1v) is 6.26. The largest absolute Gasteiger partial charge is 0.483 e. The van der Waals surface area contributed by atoms with Crippen molar-refractivity contribution in [3.8, 4) is 5.75 Å². The van der Waals surface area contributed by atoms with Gasteiger partial charge in [-0.15, -0.1) is 0 Å². The van der Waals surface area contributed by atoms with E-state index in [-0.39, 0.29) is 18.3 Å². The predicted octanol–water partition coefficient (Wildman–Crippen LogP) is 2.60. The summed E-state index contributed by atoms with van der Waals surface area (Å²) in [5.74, 6) is 0.389. The number of carbonyl (C=O) groups excluding carboxylic acids is 2. The second-order valence-electron chi connectivity index (χ2n) is 4.22. The number of esters is 1. The number of hydrogen-bond donors (Lipinski definition) is 1. The second-order valence-corrected chi connectivity index (χ2v) is 4.22. The number of nitrogens with one attached hydrogen (secondary N) is 1. The average molecular weight is 289 g/mol. The van der Waals surface area contributed by atoms with E-state index in [0.29, 0.717) is 17.2 Å². The number of carbonyl (C=O) groups is 2. The topological polar surface area (TPSA) is 77.8 Å². The summed E-state index contributed by atoms with van der Waals surface area (Å²) in [4.78, 5) is 22.4. The Bertz CT molecular complexity index is 647. The Balaban J connectivity index is 2.04. The van der Waals surface area contributed by atoms with Crippen molar-refractivity contribution < 1.29 is 23.5 Å². The number of amides is 1. The summed E-state index contributed by atoms with van der Waals surface area (Å²) >= 11 is 0. The highest BCUT2D eigenvalue weighted by molar-refractivity contribution is 5.90. The van der Waals surface area contributed by atoms with Crippen LogP contribution >= 0.6 is 0 Å². The number of methoxy groups -OCH3 is 1. The molecule has 1 amide bonds. The summed E-state index contributed by atoms with van der Waals surface area (Å²) in [6.45, 7) is 1.56. The minimum atomic E-state index is -0.542. The van der Waals surface area contributed by atoms with Crippen LogP contribution < -0.4 is 10.1 Å². The molecule has 1 aromatic heterocycles. The van der Waals surface area contributed by atoms with Crippen LogP contribution in [0.4, 0.5) is 5.69 Å². The molecule has 0 unspecified atom stereocenters. The van der Waals surface area contributed by atoms with Gasteiger partial charge in [0.25, 0.3) is 0 Å². The summed E-state index contributed by atoms with van der Waals surface area (Å²) in [7, 11) is 1.28. The van der Waals surface area contributed by atoms with Crippen molar-refractivity contribution in [1.29, 1.82) is 0 Å². The van der Waals surface area contributed by atoms with Crippen LogP contribution in [0.1, 0.15) is 23.2 Å². The number of rotatable bonds is 5. The molecule has 0 atom stereocenters. The zero-order valence-electron chi connectivity index (χ0n) is 11.7. The van der Waals surface area contributed by atoms with Crippen LogP contribution in [0.25, 0.3) is 0 Å². The molecule has 1 N–H and O–H groups in total. The number of furan rings is 1. The zero-order chi connectivity index (χ0) is 15.2. The lowest BCUT2D eigenvalue weighted by molar-refractivity contribution is -0.114. The zero-order valence-corrected chi connectivity index (χ0v) is 11.7. The Morgan fingerprint density at radius 1 is 1.19 bits per heavy atom. The van der Waals surface area contributed by atoms with Crippen molar-refractivity contribution in [3.05, 3.63) is 47.9 Å². The Morgan fingerprint density at radius 3 is 2.67 bits per heavy atom. The summed E-state index contributed by atoms with van der Waals surface area (Å²) in [5, 5.41) is 2.67. The SMILES string of the molecule is COC(=O)c1ccc(COc2ccccc2NC(C)=O)o1. The molecule has 2 aromatic rings. The van der Waals surface area contributed by atoms with Crippen molar-refractivity contribution in [1.82, 2.24) is 0 Å². The minimum Gasteiger partial charge on any atom is -0.483 e. The van der Waals surface area contributed by atoms with E-state index < -0.39 is 5.97 Å². The molecule has 1 heterocycles. The van der Waals surface area contributed by atoms with Gasteiger partial charge in [-0.25, -0.2) is 4.79 Å². The molecule has 0 bridgehead atoms. The van der Waals surface area contributed by atoms with E-state index in [1.54, 1.807) is 30.3 Å². The third-order valence-electron chi connectivity index (χ3n) is 2.62. The molecule has 6 heteroatoms. The lowest BCUT2D eigenvalue weighted by atomic mass is 10.3. The molecule has 6 nitrogen and oxygen atoms in total. The molecule has 2 rings (SSSR count). The van der Waals surface area contributed by atoms with Gasteiger partial charge in [0.15, 0.2) is 0 Å².